The van der Waals surface area contributed by atoms with E-state index in [1.165, 1.54) is 80.9 Å². The van der Waals surface area contributed by atoms with E-state index in [0.717, 1.165) is 5.92 Å². The predicted octanol–water partition coefficient (Wildman–Crippen LogP) is 5.50. The minimum atomic E-state index is 0.638. The Bertz CT molecular complexity index is 169. The van der Waals surface area contributed by atoms with Crippen molar-refractivity contribution in [3.05, 3.63) is 0 Å². The van der Waals surface area contributed by atoms with Gasteiger partial charge in [-0.1, -0.05) is 98.3 Å². The van der Waals surface area contributed by atoms with Crippen molar-refractivity contribution in [3.8, 4) is 0 Å². The molecule has 1 unspecified atom stereocenters. The Morgan fingerprint density at radius 2 is 1.17 bits per heavy atom. The molecule has 110 valence electrons. The first-order valence-corrected chi connectivity index (χ1v) is 9.48. The first-order valence-electron chi connectivity index (χ1n) is 8.48. The molecule has 1 atom stereocenters. The van der Waals surface area contributed by atoms with Crippen molar-refractivity contribution >= 4 is 10.2 Å². The lowest BCUT2D eigenvalue weighted by atomic mass is 9.91. The fourth-order valence-corrected chi connectivity index (χ4v) is 2.66. The number of unbranched alkanes of at least 4 members (excludes halogenated alkanes) is 9. The molecule has 0 aromatic heterocycles. The summed E-state index contributed by atoms with van der Waals surface area (Å²) in [4.78, 5) is 0. The van der Waals surface area contributed by atoms with E-state index in [1.807, 2.05) is 0 Å². The number of rotatable bonds is 12. The molecule has 0 heterocycles. The van der Waals surface area contributed by atoms with Crippen molar-refractivity contribution in [2.75, 3.05) is 0 Å². The summed E-state index contributed by atoms with van der Waals surface area (Å²) >= 11 is 0. The third-order valence-electron chi connectivity index (χ3n) is 4.47. The van der Waals surface area contributed by atoms with Crippen LogP contribution in [0.15, 0.2) is 0 Å². The maximum Gasteiger partial charge on any atom is 0.0103 e. The summed E-state index contributed by atoms with van der Waals surface area (Å²) in [7, 11) is 1.33. The summed E-state index contributed by atoms with van der Waals surface area (Å²) in [5.41, 5.74) is 0. The third-order valence-corrected chi connectivity index (χ3v) is 5.45. The Balaban J connectivity index is 3.17. The van der Waals surface area contributed by atoms with Crippen LogP contribution in [0.4, 0.5) is 0 Å². The van der Waals surface area contributed by atoms with E-state index in [0.29, 0.717) is 5.04 Å². The van der Waals surface area contributed by atoms with Crippen LogP contribution in [0.3, 0.4) is 0 Å². The van der Waals surface area contributed by atoms with E-state index in [1.54, 1.807) is 0 Å². The summed E-state index contributed by atoms with van der Waals surface area (Å²) in [6.07, 6.45) is 16.0. The molecule has 0 fully saturated rings. The van der Waals surface area contributed by atoms with E-state index in [2.05, 4.69) is 27.7 Å². The Morgan fingerprint density at radius 3 is 1.56 bits per heavy atom. The fourth-order valence-electron chi connectivity index (χ4n) is 2.37. The second-order valence-electron chi connectivity index (χ2n) is 7.24. The molecule has 0 N–H and O–H groups in total. The molecule has 0 nitrogen and oxygen atoms in total. The zero-order valence-corrected chi connectivity index (χ0v) is 15.9. The summed E-state index contributed by atoms with van der Waals surface area (Å²) in [5.74, 6) is 0.929. The van der Waals surface area contributed by atoms with Gasteiger partial charge in [-0.2, -0.15) is 0 Å². The molecule has 0 saturated carbocycles. The van der Waals surface area contributed by atoms with Gasteiger partial charge in [0.1, 0.15) is 0 Å². The van der Waals surface area contributed by atoms with Crippen LogP contribution in [0, 0.1) is 5.92 Å². The second kappa shape index (κ2) is 11.1. The van der Waals surface area contributed by atoms with Gasteiger partial charge >= 0.3 is 0 Å². The summed E-state index contributed by atoms with van der Waals surface area (Å²) in [5, 5.41) is 0.638. The molecule has 0 bridgehead atoms. The van der Waals surface area contributed by atoms with Gasteiger partial charge in [0, 0.05) is 10.2 Å². The van der Waals surface area contributed by atoms with Gasteiger partial charge in [-0.25, -0.2) is 0 Å². The molecule has 0 aromatic rings. The van der Waals surface area contributed by atoms with E-state index in [4.69, 9.17) is 0 Å². The SMILES string of the molecule is CCCCCCCCCCCCC(C)C(C)(C)[SiH3]. The number of hydrogen-bond acceptors (Lipinski definition) is 0. The summed E-state index contributed by atoms with van der Waals surface area (Å²) in [6, 6.07) is 0. The zero-order chi connectivity index (χ0) is 13.9. The van der Waals surface area contributed by atoms with Crippen molar-refractivity contribution in [3.63, 3.8) is 0 Å². The molecular formula is C17H38Si. The predicted molar refractivity (Wildman–Crippen MR) is 89.6 cm³/mol. The third kappa shape index (κ3) is 11.3. The molecule has 0 amide bonds. The standard InChI is InChI=1S/C17H38Si/c1-5-6-7-8-9-10-11-12-13-14-15-16(2)17(3,4)18/h16H,5-15H2,1-4,18H3. The largest absolute Gasteiger partial charge is 0.0654 e. The van der Waals surface area contributed by atoms with Crippen LogP contribution in [-0.2, 0) is 0 Å². The lowest BCUT2D eigenvalue weighted by molar-refractivity contribution is 0.391. The van der Waals surface area contributed by atoms with Crippen LogP contribution < -0.4 is 0 Å². The van der Waals surface area contributed by atoms with Gasteiger partial charge in [0.05, 0.1) is 0 Å². The van der Waals surface area contributed by atoms with Crippen molar-refractivity contribution in [2.45, 2.75) is 103 Å². The lowest BCUT2D eigenvalue weighted by Crippen LogP contribution is -2.14. The van der Waals surface area contributed by atoms with Gasteiger partial charge in [0.25, 0.3) is 0 Å². The molecule has 0 radical (unpaired) electrons. The summed E-state index contributed by atoms with van der Waals surface area (Å²) in [6.45, 7) is 9.60. The van der Waals surface area contributed by atoms with Crippen LogP contribution >= 0.6 is 0 Å². The minimum absolute atomic E-state index is 0.638. The van der Waals surface area contributed by atoms with Crippen molar-refractivity contribution in [1.29, 1.82) is 0 Å². The topological polar surface area (TPSA) is 0 Å². The molecule has 0 aliphatic carbocycles. The smallest absolute Gasteiger partial charge is 0.0103 e. The molecular weight excluding hydrogens is 232 g/mol. The molecule has 18 heavy (non-hydrogen) atoms. The van der Waals surface area contributed by atoms with Gasteiger partial charge in [-0.3, -0.25) is 0 Å². The second-order valence-corrected chi connectivity index (χ2v) is 9.82. The normalized spacial score (nSPS) is 14.0. The van der Waals surface area contributed by atoms with Gasteiger partial charge in [-0.15, -0.1) is 0 Å². The van der Waals surface area contributed by atoms with Gasteiger partial charge in [-0.05, 0) is 11.0 Å². The van der Waals surface area contributed by atoms with Crippen molar-refractivity contribution in [2.24, 2.45) is 5.92 Å². The van der Waals surface area contributed by atoms with Crippen molar-refractivity contribution in [1.82, 2.24) is 0 Å². The molecule has 1 heteroatoms. The van der Waals surface area contributed by atoms with E-state index < -0.39 is 0 Å². The van der Waals surface area contributed by atoms with Crippen LogP contribution in [0.25, 0.3) is 0 Å². The van der Waals surface area contributed by atoms with Crippen LogP contribution in [0.1, 0.15) is 98.3 Å². The van der Waals surface area contributed by atoms with Crippen LogP contribution in [0.5, 0.6) is 0 Å². The maximum absolute atomic E-state index is 2.45. The molecule has 0 spiro atoms. The molecule has 0 aliphatic rings. The van der Waals surface area contributed by atoms with Gasteiger partial charge in [0.15, 0.2) is 0 Å². The molecule has 0 saturated heterocycles. The number of hydrogen-bond donors (Lipinski definition) is 0. The molecule has 0 aromatic carbocycles. The summed E-state index contributed by atoms with van der Waals surface area (Å²) < 4.78 is 0. The first-order chi connectivity index (χ1) is 8.48. The van der Waals surface area contributed by atoms with E-state index >= 15 is 0 Å². The van der Waals surface area contributed by atoms with E-state index in [-0.39, 0.29) is 0 Å². The van der Waals surface area contributed by atoms with Crippen LogP contribution in [0.2, 0.25) is 5.04 Å². The fraction of sp³-hybridized carbons (Fsp3) is 1.00. The Hall–Kier alpha value is 0.217. The van der Waals surface area contributed by atoms with Crippen LogP contribution in [-0.4, -0.2) is 10.2 Å². The van der Waals surface area contributed by atoms with Gasteiger partial charge in [0.2, 0.25) is 0 Å². The van der Waals surface area contributed by atoms with Crippen molar-refractivity contribution < 1.29 is 0 Å². The highest BCUT2D eigenvalue weighted by Crippen LogP contribution is 2.33. The lowest BCUT2D eigenvalue weighted by Gasteiger charge is -2.27. The van der Waals surface area contributed by atoms with Gasteiger partial charge < -0.3 is 0 Å². The zero-order valence-electron chi connectivity index (χ0n) is 13.9. The highest BCUT2D eigenvalue weighted by molar-refractivity contribution is 6.14. The monoisotopic (exact) mass is 270 g/mol. The quantitative estimate of drug-likeness (QED) is 0.324. The minimum Gasteiger partial charge on any atom is -0.0654 e. The Kier molecular flexibility index (Phi) is 11.2. The highest BCUT2D eigenvalue weighted by atomic mass is 28.1. The first kappa shape index (κ1) is 18.2. The van der Waals surface area contributed by atoms with E-state index in [9.17, 15) is 0 Å². The highest BCUT2D eigenvalue weighted by Gasteiger charge is 2.18. The Morgan fingerprint density at radius 1 is 0.778 bits per heavy atom. The maximum atomic E-state index is 2.45. The average Bonchev–Trinajstić information content (AvgIpc) is 2.30. The molecule has 0 aliphatic heterocycles. The average molecular weight is 271 g/mol. The Labute approximate surface area is 120 Å². The molecule has 0 rings (SSSR count).